The van der Waals surface area contributed by atoms with Crippen LogP contribution >= 0.6 is 0 Å². The molecule has 1 saturated heterocycles. The molecule has 122 valence electrons. The Labute approximate surface area is 125 Å². The van der Waals surface area contributed by atoms with Gasteiger partial charge in [0, 0.05) is 26.7 Å². The first-order valence-electron chi connectivity index (χ1n) is 6.94. The van der Waals surface area contributed by atoms with Gasteiger partial charge in [-0.2, -0.15) is 17.4 Å². The van der Waals surface area contributed by atoms with Crippen molar-refractivity contribution in [2.75, 3.05) is 26.7 Å². The molecule has 1 aliphatic rings. The van der Waals surface area contributed by atoms with Crippen LogP contribution in [0.15, 0.2) is 0 Å². The summed E-state index contributed by atoms with van der Waals surface area (Å²) in [6, 6.07) is -0.884. The molecular formula is C12H23N3O5S. The van der Waals surface area contributed by atoms with Crippen LogP contribution in [0.2, 0.25) is 0 Å². The van der Waals surface area contributed by atoms with Gasteiger partial charge in [0.05, 0.1) is 12.0 Å². The lowest BCUT2D eigenvalue weighted by molar-refractivity contribution is -0.143. The Bertz CT molecular complexity index is 493. The molecule has 2 N–H and O–H groups in total. The van der Waals surface area contributed by atoms with Crippen LogP contribution < -0.4 is 4.72 Å². The molecule has 0 radical (unpaired) electrons. The van der Waals surface area contributed by atoms with Crippen LogP contribution in [0.4, 0.5) is 0 Å². The van der Waals surface area contributed by atoms with Gasteiger partial charge in [0.15, 0.2) is 0 Å². The fraction of sp³-hybridized carbons (Fsp3) is 0.833. The second-order valence-corrected chi connectivity index (χ2v) is 6.93. The molecule has 2 unspecified atom stereocenters. The van der Waals surface area contributed by atoms with Gasteiger partial charge >= 0.3 is 5.97 Å². The molecule has 1 heterocycles. The number of rotatable bonds is 6. The topological polar surface area (TPSA) is 107 Å². The normalized spacial score (nSPS) is 21.8. The van der Waals surface area contributed by atoms with Crippen molar-refractivity contribution in [2.24, 2.45) is 5.92 Å². The summed E-state index contributed by atoms with van der Waals surface area (Å²) >= 11 is 0. The molecule has 0 aromatic rings. The fourth-order valence-corrected chi connectivity index (χ4v) is 3.64. The maximum atomic E-state index is 12.2. The van der Waals surface area contributed by atoms with Crippen LogP contribution in [0, 0.1) is 5.92 Å². The Morgan fingerprint density at radius 1 is 1.48 bits per heavy atom. The third-order valence-corrected chi connectivity index (χ3v) is 5.28. The highest BCUT2D eigenvalue weighted by Gasteiger charge is 2.34. The van der Waals surface area contributed by atoms with Crippen molar-refractivity contribution < 1.29 is 23.1 Å². The highest BCUT2D eigenvalue weighted by molar-refractivity contribution is 7.87. The highest BCUT2D eigenvalue weighted by atomic mass is 32.2. The second-order valence-electron chi connectivity index (χ2n) is 5.23. The monoisotopic (exact) mass is 321 g/mol. The molecule has 0 bridgehead atoms. The molecule has 1 rings (SSSR count). The van der Waals surface area contributed by atoms with E-state index in [1.165, 1.54) is 11.8 Å². The first kappa shape index (κ1) is 17.9. The van der Waals surface area contributed by atoms with Crippen LogP contribution in [-0.2, 0) is 19.8 Å². The van der Waals surface area contributed by atoms with E-state index in [9.17, 15) is 18.0 Å². The minimum Gasteiger partial charge on any atom is -0.481 e. The summed E-state index contributed by atoms with van der Waals surface area (Å²) in [5, 5.41) is 8.99. The molecule has 1 amide bonds. The molecule has 8 nitrogen and oxygen atoms in total. The van der Waals surface area contributed by atoms with Gasteiger partial charge in [-0.15, -0.1) is 0 Å². The summed E-state index contributed by atoms with van der Waals surface area (Å²) in [5.41, 5.74) is 0. The van der Waals surface area contributed by atoms with E-state index >= 15 is 0 Å². The number of aliphatic carboxylic acids is 1. The second kappa shape index (κ2) is 7.19. The molecule has 0 aliphatic carbocycles. The van der Waals surface area contributed by atoms with Gasteiger partial charge in [-0.3, -0.25) is 9.59 Å². The largest absolute Gasteiger partial charge is 0.481 e. The minimum atomic E-state index is -3.86. The molecule has 2 atom stereocenters. The van der Waals surface area contributed by atoms with Crippen LogP contribution in [0.3, 0.4) is 0 Å². The number of likely N-dealkylation sites (N-methyl/N-ethyl adjacent to an activating group) is 1. The third kappa shape index (κ3) is 4.65. The highest BCUT2D eigenvalue weighted by Crippen LogP contribution is 2.19. The van der Waals surface area contributed by atoms with Crippen molar-refractivity contribution in [1.29, 1.82) is 0 Å². The lowest BCUT2D eigenvalue weighted by Crippen LogP contribution is -2.53. The lowest BCUT2D eigenvalue weighted by atomic mass is 10.0. The average molecular weight is 321 g/mol. The summed E-state index contributed by atoms with van der Waals surface area (Å²) in [4.78, 5) is 24.3. The molecule has 21 heavy (non-hydrogen) atoms. The summed E-state index contributed by atoms with van der Waals surface area (Å²) < 4.78 is 27.9. The molecule has 1 aliphatic heterocycles. The van der Waals surface area contributed by atoms with Crippen LogP contribution in [0.1, 0.15) is 26.7 Å². The number of carboxylic acids is 1. The predicted octanol–water partition coefficient (Wildman–Crippen LogP) is -0.516. The molecule has 9 heteroatoms. The van der Waals surface area contributed by atoms with Crippen molar-refractivity contribution in [3.63, 3.8) is 0 Å². The Hall–Kier alpha value is -1.19. The van der Waals surface area contributed by atoms with Crippen LogP contribution in [-0.4, -0.2) is 67.3 Å². The van der Waals surface area contributed by atoms with Gasteiger partial charge in [-0.25, -0.2) is 0 Å². The first-order chi connectivity index (χ1) is 9.69. The Kier molecular flexibility index (Phi) is 6.11. The maximum absolute atomic E-state index is 12.2. The van der Waals surface area contributed by atoms with E-state index in [2.05, 4.69) is 4.72 Å². The Balaban J connectivity index is 2.72. The van der Waals surface area contributed by atoms with E-state index in [1.807, 2.05) is 0 Å². The van der Waals surface area contributed by atoms with E-state index in [0.29, 0.717) is 19.4 Å². The fourth-order valence-electron chi connectivity index (χ4n) is 2.20. The molecule has 0 saturated carbocycles. The lowest BCUT2D eigenvalue weighted by Gasteiger charge is -2.31. The molecule has 0 aromatic carbocycles. The number of nitrogens with zero attached hydrogens (tertiary/aromatic N) is 2. The van der Waals surface area contributed by atoms with Crippen molar-refractivity contribution in [3.8, 4) is 0 Å². The summed E-state index contributed by atoms with van der Waals surface area (Å²) in [6.07, 6.45) is 0.962. The number of hydrogen-bond donors (Lipinski definition) is 2. The van der Waals surface area contributed by atoms with E-state index in [4.69, 9.17) is 5.11 Å². The van der Waals surface area contributed by atoms with Gasteiger partial charge in [0.2, 0.25) is 5.91 Å². The third-order valence-electron chi connectivity index (χ3n) is 3.62. The van der Waals surface area contributed by atoms with Gasteiger partial charge in [0.25, 0.3) is 10.2 Å². The van der Waals surface area contributed by atoms with E-state index in [0.717, 1.165) is 4.31 Å². The number of carbonyl (C=O) groups excluding carboxylic acids is 1. The van der Waals surface area contributed by atoms with Crippen LogP contribution in [0.25, 0.3) is 0 Å². The summed E-state index contributed by atoms with van der Waals surface area (Å²) in [5.74, 6) is -2.02. The van der Waals surface area contributed by atoms with Gasteiger partial charge in [-0.05, 0) is 26.7 Å². The van der Waals surface area contributed by atoms with E-state index in [-0.39, 0.29) is 19.0 Å². The maximum Gasteiger partial charge on any atom is 0.307 e. The van der Waals surface area contributed by atoms with Crippen molar-refractivity contribution in [3.05, 3.63) is 0 Å². The molecule has 0 spiro atoms. The predicted molar refractivity (Wildman–Crippen MR) is 76.8 cm³/mol. The van der Waals surface area contributed by atoms with Crippen LogP contribution in [0.5, 0.6) is 0 Å². The number of hydrogen-bond acceptors (Lipinski definition) is 4. The minimum absolute atomic E-state index is 0.0603. The summed E-state index contributed by atoms with van der Waals surface area (Å²) in [7, 11) is -2.27. The number of piperidine rings is 1. The zero-order chi connectivity index (χ0) is 16.2. The quantitative estimate of drug-likeness (QED) is 0.685. The molecule has 0 aromatic heterocycles. The van der Waals surface area contributed by atoms with E-state index in [1.54, 1.807) is 14.0 Å². The van der Waals surface area contributed by atoms with Gasteiger partial charge < -0.3 is 10.0 Å². The number of carbonyl (C=O) groups is 2. The average Bonchev–Trinajstić information content (AvgIpc) is 2.45. The molecule has 1 fully saturated rings. The van der Waals surface area contributed by atoms with Crippen molar-refractivity contribution >= 4 is 22.1 Å². The smallest absolute Gasteiger partial charge is 0.307 e. The number of carboxylic acid groups (broad SMARTS) is 1. The van der Waals surface area contributed by atoms with Gasteiger partial charge in [-0.1, -0.05) is 0 Å². The van der Waals surface area contributed by atoms with Crippen molar-refractivity contribution in [1.82, 2.24) is 13.9 Å². The Morgan fingerprint density at radius 3 is 2.62 bits per heavy atom. The number of amides is 1. The van der Waals surface area contributed by atoms with Gasteiger partial charge in [0.1, 0.15) is 0 Å². The van der Waals surface area contributed by atoms with Crippen molar-refractivity contribution in [2.45, 2.75) is 32.7 Å². The molecular weight excluding hydrogens is 298 g/mol. The Morgan fingerprint density at radius 2 is 2.10 bits per heavy atom. The number of nitrogens with one attached hydrogen (secondary N) is 1. The SMILES string of the molecule is CCN(C)C(=O)C(C)NS(=O)(=O)N1CCCC(C(=O)O)C1. The first-order valence-corrected chi connectivity index (χ1v) is 8.38. The standard InChI is InChI=1S/C12H23N3O5S/c1-4-14(3)11(16)9(2)13-21(19,20)15-7-5-6-10(8-15)12(17)18/h9-10,13H,4-8H2,1-3H3,(H,17,18). The van der Waals surface area contributed by atoms with E-state index < -0.39 is 28.1 Å². The summed E-state index contributed by atoms with van der Waals surface area (Å²) in [6.45, 7) is 3.96. The zero-order valence-electron chi connectivity index (χ0n) is 12.6. The zero-order valence-corrected chi connectivity index (χ0v) is 13.4.